The van der Waals surface area contributed by atoms with Crippen molar-refractivity contribution in [3.63, 3.8) is 0 Å². The van der Waals surface area contributed by atoms with Crippen LogP contribution in [0.3, 0.4) is 0 Å². The zero-order chi connectivity index (χ0) is 35.8. The second kappa shape index (κ2) is 10.8. The highest BCUT2D eigenvalue weighted by molar-refractivity contribution is 6.08. The number of anilines is 2. The smallest absolute Gasteiger partial charge is 0.231 e. The van der Waals surface area contributed by atoms with Crippen molar-refractivity contribution in [2.24, 2.45) is 0 Å². The highest BCUT2D eigenvalue weighted by Crippen LogP contribution is 2.58. The molecule has 0 aromatic heterocycles. The molecule has 0 unspecified atom stereocenters. The van der Waals surface area contributed by atoms with Crippen LogP contribution in [0.2, 0.25) is 0 Å². The highest BCUT2D eigenvalue weighted by Gasteiger charge is 2.41. The largest absolute Gasteiger partial charge is 0.454 e. The maximum atomic E-state index is 14.9. The van der Waals surface area contributed by atoms with Gasteiger partial charge in [-0.1, -0.05) is 24.3 Å². The first-order valence-corrected chi connectivity index (χ1v) is 18.1. The van der Waals surface area contributed by atoms with Crippen LogP contribution in [0, 0.1) is 0 Å². The van der Waals surface area contributed by atoms with Gasteiger partial charge in [0.1, 0.15) is 5.78 Å². The number of ether oxygens (including phenoxy) is 8. The molecule has 6 aliphatic heterocycles. The van der Waals surface area contributed by atoms with Crippen LogP contribution in [0.25, 0.3) is 43.8 Å². The van der Waals surface area contributed by atoms with Crippen LogP contribution < -0.4 is 47.7 Å². The lowest BCUT2D eigenvalue weighted by molar-refractivity contribution is -0.119. The molecule has 0 radical (unpaired) electrons. The van der Waals surface area contributed by atoms with E-state index in [1.54, 1.807) is 0 Å². The summed E-state index contributed by atoms with van der Waals surface area (Å²) in [6, 6.07) is 24.1. The van der Waals surface area contributed by atoms with Gasteiger partial charge in [-0.2, -0.15) is 0 Å². The van der Waals surface area contributed by atoms with Crippen molar-refractivity contribution in [3.05, 3.63) is 83.9 Å². The number of carbonyl (C=O) groups excluding carboxylic acids is 1. The average molecular weight is 721 g/mol. The van der Waals surface area contributed by atoms with Crippen molar-refractivity contribution in [3.8, 4) is 68.2 Å². The first kappa shape index (κ1) is 30.0. The van der Waals surface area contributed by atoms with E-state index in [0.717, 1.165) is 77.8 Å². The average Bonchev–Trinajstić information content (AvgIpc) is 4.02. The van der Waals surface area contributed by atoms with E-state index in [1.807, 2.05) is 24.3 Å². The summed E-state index contributed by atoms with van der Waals surface area (Å²) < 4.78 is 47.1. The van der Waals surface area contributed by atoms with Crippen molar-refractivity contribution < 1.29 is 42.7 Å². The molecule has 11 heteroatoms. The standard InChI is InChI=1S/C43H32N2O9/c1-44-30(38-24(7-9-32-42(38)53-19-47-32)26-5-3-21-11-34-36(51-17-49-34)15-28(21)40(26)44)13-23(46)14-31-39-25(8-10-33-43(39)54-20-48-33)27-6-4-22-12-35-37(52-18-50-35)16-29(22)41(27)45(31)2/h3-12,15-16,30-31H,13-14,17-20H2,1-2H3/t30-,31+. The van der Waals surface area contributed by atoms with Gasteiger partial charge < -0.3 is 47.7 Å². The molecule has 54 heavy (non-hydrogen) atoms. The first-order valence-electron chi connectivity index (χ1n) is 18.1. The Morgan fingerprint density at radius 3 is 1.35 bits per heavy atom. The SMILES string of the molecule is CN1c2c(ccc3cc4c(cc23)OCO4)-c2ccc3c(c2[C@H]1CC(=O)C[C@H]1c2c(ccc4c2OCO4)-c2ccc4cc5c(cc4c2N1C)OCO5)OCO3. The van der Waals surface area contributed by atoms with Gasteiger partial charge in [0.05, 0.1) is 23.5 Å². The minimum Gasteiger partial charge on any atom is -0.454 e. The van der Waals surface area contributed by atoms with Gasteiger partial charge in [-0.25, -0.2) is 0 Å². The van der Waals surface area contributed by atoms with Gasteiger partial charge >= 0.3 is 0 Å². The van der Waals surface area contributed by atoms with Crippen LogP contribution >= 0.6 is 0 Å². The molecule has 12 rings (SSSR count). The summed E-state index contributed by atoms with van der Waals surface area (Å²) >= 11 is 0. The number of hydrogen-bond acceptors (Lipinski definition) is 11. The number of hydrogen-bond donors (Lipinski definition) is 0. The first-order chi connectivity index (χ1) is 26.5. The lowest BCUT2D eigenvalue weighted by Gasteiger charge is -2.40. The molecule has 268 valence electrons. The van der Waals surface area contributed by atoms with E-state index in [1.165, 1.54) is 0 Å². The minimum absolute atomic E-state index is 0.0938. The molecule has 0 spiro atoms. The summed E-state index contributed by atoms with van der Waals surface area (Å²) in [6.07, 6.45) is 0.466. The molecule has 0 saturated heterocycles. The van der Waals surface area contributed by atoms with E-state index in [9.17, 15) is 4.79 Å². The molecule has 6 aliphatic rings. The van der Waals surface area contributed by atoms with Gasteiger partial charge in [-0.05, 0) is 70.4 Å². The van der Waals surface area contributed by atoms with Gasteiger partial charge in [-0.3, -0.25) is 4.79 Å². The predicted molar refractivity (Wildman–Crippen MR) is 200 cm³/mol. The van der Waals surface area contributed by atoms with Crippen molar-refractivity contribution in [1.82, 2.24) is 0 Å². The Morgan fingerprint density at radius 1 is 0.500 bits per heavy atom. The lowest BCUT2D eigenvalue weighted by Crippen LogP contribution is -2.33. The van der Waals surface area contributed by atoms with Gasteiger partial charge in [0.15, 0.2) is 46.0 Å². The van der Waals surface area contributed by atoms with Gasteiger partial charge in [0.25, 0.3) is 0 Å². The fourth-order valence-electron chi connectivity index (χ4n) is 9.40. The van der Waals surface area contributed by atoms with Gasteiger partial charge in [0.2, 0.25) is 27.2 Å². The topological polar surface area (TPSA) is 97.4 Å². The second-order valence-electron chi connectivity index (χ2n) is 14.5. The summed E-state index contributed by atoms with van der Waals surface area (Å²) in [5.41, 5.74) is 8.11. The summed E-state index contributed by atoms with van der Waals surface area (Å²) in [5.74, 6) is 5.73. The summed E-state index contributed by atoms with van der Waals surface area (Å²) in [6.45, 7) is 0.650. The fraction of sp³-hybridized carbons (Fsp3) is 0.233. The molecular weight excluding hydrogens is 688 g/mol. The Hall–Kier alpha value is -6.49. The summed E-state index contributed by atoms with van der Waals surface area (Å²) in [4.78, 5) is 19.3. The third-order valence-corrected chi connectivity index (χ3v) is 11.9. The Balaban J connectivity index is 0.974. The molecule has 2 atom stereocenters. The number of Topliss-reactive ketones (excluding diaryl/α,β-unsaturated/α-hetero) is 1. The molecule has 0 aliphatic carbocycles. The Morgan fingerprint density at radius 2 is 0.889 bits per heavy atom. The van der Waals surface area contributed by atoms with E-state index >= 15 is 0 Å². The van der Waals surface area contributed by atoms with E-state index in [-0.39, 0.29) is 57.9 Å². The third-order valence-electron chi connectivity index (χ3n) is 11.9. The number of ketones is 1. The maximum Gasteiger partial charge on any atom is 0.231 e. The van der Waals surface area contributed by atoms with Crippen molar-refractivity contribution in [1.29, 1.82) is 0 Å². The molecule has 6 heterocycles. The zero-order valence-corrected chi connectivity index (χ0v) is 29.4. The van der Waals surface area contributed by atoms with Crippen molar-refractivity contribution in [2.45, 2.75) is 24.9 Å². The molecule has 0 fully saturated rings. The molecular formula is C43H32N2O9. The molecule has 6 aromatic carbocycles. The van der Waals surface area contributed by atoms with Crippen molar-refractivity contribution in [2.75, 3.05) is 51.1 Å². The monoisotopic (exact) mass is 720 g/mol. The summed E-state index contributed by atoms with van der Waals surface area (Å²) in [5, 5.41) is 4.12. The predicted octanol–water partition coefficient (Wildman–Crippen LogP) is 8.27. The minimum atomic E-state index is -0.338. The molecule has 0 bridgehead atoms. The van der Waals surface area contributed by atoms with Crippen LogP contribution in [-0.2, 0) is 4.79 Å². The highest BCUT2D eigenvalue weighted by atomic mass is 16.7. The molecule has 0 amide bonds. The second-order valence-corrected chi connectivity index (χ2v) is 14.5. The van der Waals surface area contributed by atoms with E-state index in [0.29, 0.717) is 34.5 Å². The van der Waals surface area contributed by atoms with Crippen LogP contribution in [0.1, 0.15) is 36.1 Å². The lowest BCUT2D eigenvalue weighted by atomic mass is 9.81. The zero-order valence-electron chi connectivity index (χ0n) is 29.4. The quantitative estimate of drug-likeness (QED) is 0.176. The van der Waals surface area contributed by atoms with Gasteiger partial charge in [0, 0.05) is 60.0 Å². The van der Waals surface area contributed by atoms with E-state index < -0.39 is 0 Å². The molecule has 11 nitrogen and oxygen atoms in total. The fourth-order valence-corrected chi connectivity index (χ4v) is 9.40. The Bertz CT molecular complexity index is 2490. The normalized spacial score (nSPS) is 18.9. The molecule has 6 aromatic rings. The van der Waals surface area contributed by atoms with Crippen LogP contribution in [-0.4, -0.2) is 47.1 Å². The van der Waals surface area contributed by atoms with Crippen LogP contribution in [0.5, 0.6) is 46.0 Å². The summed E-state index contributed by atoms with van der Waals surface area (Å²) in [7, 11) is 4.12. The number of rotatable bonds is 4. The Kier molecular flexibility index (Phi) is 6.00. The number of benzene rings is 6. The van der Waals surface area contributed by atoms with Crippen molar-refractivity contribution >= 4 is 38.7 Å². The number of fused-ring (bicyclic) bond motifs is 16. The maximum absolute atomic E-state index is 14.9. The number of nitrogens with zero attached hydrogens (tertiary/aromatic N) is 2. The van der Waals surface area contributed by atoms with E-state index in [4.69, 9.17) is 37.9 Å². The number of carbonyl (C=O) groups is 1. The molecule has 0 N–H and O–H groups in total. The molecule has 0 saturated carbocycles. The van der Waals surface area contributed by atoms with Crippen LogP contribution in [0.4, 0.5) is 11.4 Å². The van der Waals surface area contributed by atoms with Crippen LogP contribution in [0.15, 0.2) is 72.8 Å². The third kappa shape index (κ3) is 4.03. The van der Waals surface area contributed by atoms with Gasteiger partial charge in [-0.15, -0.1) is 0 Å². The van der Waals surface area contributed by atoms with E-state index in [2.05, 4.69) is 72.4 Å². The Labute approximate surface area is 309 Å².